The Kier molecular flexibility index (Phi) is 6.72. The highest BCUT2D eigenvalue weighted by Crippen LogP contribution is 2.26. The predicted molar refractivity (Wildman–Crippen MR) is 98.7 cm³/mol. The number of likely N-dealkylation sites (tertiary alicyclic amines) is 1. The van der Waals surface area contributed by atoms with E-state index in [-0.39, 0.29) is 5.91 Å². The highest BCUT2D eigenvalue weighted by atomic mass is 32.2. The van der Waals surface area contributed by atoms with E-state index in [4.69, 9.17) is 4.74 Å². The maximum absolute atomic E-state index is 12.3. The molecule has 0 unspecified atom stereocenters. The van der Waals surface area contributed by atoms with Crippen LogP contribution in [0, 0.1) is 0 Å². The van der Waals surface area contributed by atoms with E-state index in [1.807, 2.05) is 11.2 Å². The topological polar surface area (TPSA) is 63.5 Å². The average Bonchev–Trinajstić information content (AvgIpc) is 3.01. The molecule has 3 heterocycles. The van der Waals surface area contributed by atoms with Gasteiger partial charge in [-0.1, -0.05) is 0 Å². The summed E-state index contributed by atoms with van der Waals surface area (Å²) in [5.41, 5.74) is 0. The van der Waals surface area contributed by atoms with Crippen LogP contribution in [-0.4, -0.2) is 81.9 Å². The summed E-state index contributed by atoms with van der Waals surface area (Å²) in [6.07, 6.45) is 4.80. The first-order chi connectivity index (χ1) is 12.2. The van der Waals surface area contributed by atoms with E-state index in [0.29, 0.717) is 12.3 Å². The molecule has 1 atom stereocenters. The van der Waals surface area contributed by atoms with Crippen molar-refractivity contribution < 1.29 is 9.53 Å². The Morgan fingerprint density at radius 1 is 1.28 bits per heavy atom. The second kappa shape index (κ2) is 9.00. The first-order valence-corrected chi connectivity index (χ1v) is 10.5. The molecule has 1 aromatic rings. The maximum Gasteiger partial charge on any atom is 0.223 e. The zero-order valence-electron chi connectivity index (χ0n) is 15.3. The number of ether oxygens (including phenoxy) is 1. The van der Waals surface area contributed by atoms with Crippen molar-refractivity contribution in [3.8, 4) is 0 Å². The van der Waals surface area contributed by atoms with E-state index in [2.05, 4.69) is 26.7 Å². The minimum Gasteiger partial charge on any atom is -0.379 e. The number of morpholine rings is 1. The lowest BCUT2D eigenvalue weighted by molar-refractivity contribution is -0.132. The van der Waals surface area contributed by atoms with E-state index in [1.54, 1.807) is 11.8 Å². The van der Waals surface area contributed by atoms with Gasteiger partial charge in [0.25, 0.3) is 0 Å². The number of thioether (sulfide) groups is 1. The van der Waals surface area contributed by atoms with Crippen LogP contribution in [-0.2, 0) is 23.1 Å². The van der Waals surface area contributed by atoms with Crippen molar-refractivity contribution in [2.45, 2.75) is 31.7 Å². The minimum atomic E-state index is 0.273. The van der Waals surface area contributed by atoms with Crippen molar-refractivity contribution in [3.05, 3.63) is 11.6 Å². The van der Waals surface area contributed by atoms with Crippen molar-refractivity contribution in [2.24, 2.45) is 7.05 Å². The summed E-state index contributed by atoms with van der Waals surface area (Å²) >= 11 is 1.73. The van der Waals surface area contributed by atoms with Crippen molar-refractivity contribution in [2.75, 3.05) is 51.4 Å². The average molecular weight is 368 g/mol. The molecule has 0 aromatic carbocycles. The highest BCUT2D eigenvalue weighted by Gasteiger charge is 2.28. The van der Waals surface area contributed by atoms with Crippen LogP contribution in [0.2, 0.25) is 0 Å². The van der Waals surface area contributed by atoms with Gasteiger partial charge in [0, 0.05) is 51.3 Å². The molecule has 2 aliphatic heterocycles. The van der Waals surface area contributed by atoms with Crippen LogP contribution >= 0.6 is 11.8 Å². The van der Waals surface area contributed by atoms with Gasteiger partial charge in [-0.05, 0) is 19.1 Å². The van der Waals surface area contributed by atoms with Gasteiger partial charge < -0.3 is 14.2 Å². The Bertz CT molecular complexity index is 573. The fraction of sp³-hybridized carbons (Fsp3) is 0.824. The van der Waals surface area contributed by atoms with Gasteiger partial charge in [0.15, 0.2) is 0 Å². The largest absolute Gasteiger partial charge is 0.379 e. The number of hydrogen-bond acceptors (Lipinski definition) is 6. The van der Waals surface area contributed by atoms with Crippen LogP contribution in [0.15, 0.2) is 0 Å². The normalized spacial score (nSPS) is 22.3. The number of amides is 1. The zero-order chi connectivity index (χ0) is 17.6. The molecule has 7 nitrogen and oxygen atoms in total. The number of hydrogen-bond donors (Lipinski definition) is 0. The van der Waals surface area contributed by atoms with E-state index in [0.717, 1.165) is 76.2 Å². The van der Waals surface area contributed by atoms with E-state index in [1.165, 1.54) is 0 Å². The van der Waals surface area contributed by atoms with Gasteiger partial charge in [-0.2, -0.15) is 11.8 Å². The van der Waals surface area contributed by atoms with Crippen molar-refractivity contribution in [3.63, 3.8) is 0 Å². The summed E-state index contributed by atoms with van der Waals surface area (Å²) in [4.78, 5) is 16.7. The highest BCUT2D eigenvalue weighted by molar-refractivity contribution is 7.98. The minimum absolute atomic E-state index is 0.273. The second-order valence-corrected chi connectivity index (χ2v) is 7.83. The predicted octanol–water partition coefficient (Wildman–Crippen LogP) is 1.11. The molecule has 1 aromatic heterocycles. The second-order valence-electron chi connectivity index (χ2n) is 6.84. The van der Waals surface area contributed by atoms with Crippen molar-refractivity contribution >= 4 is 17.7 Å². The molecule has 0 bridgehead atoms. The molecular weight excluding hydrogens is 338 g/mol. The van der Waals surface area contributed by atoms with Crippen LogP contribution in [0.5, 0.6) is 0 Å². The molecule has 1 amide bonds. The molecule has 0 saturated carbocycles. The molecule has 2 aliphatic rings. The number of nitrogens with zero attached hydrogens (tertiary/aromatic N) is 5. The van der Waals surface area contributed by atoms with Gasteiger partial charge in [0.05, 0.1) is 19.8 Å². The SMILES string of the molecule is CSCCC(=O)N1CCC[C@H](c2nnc(CN3CCOCC3)n2C)C1. The third-order valence-electron chi connectivity index (χ3n) is 5.13. The number of carbonyl (C=O) groups excluding carboxylic acids is 1. The van der Waals surface area contributed by atoms with Gasteiger partial charge in [0.2, 0.25) is 5.91 Å². The summed E-state index contributed by atoms with van der Waals surface area (Å²) in [5, 5.41) is 8.90. The van der Waals surface area contributed by atoms with Gasteiger partial charge in [-0.15, -0.1) is 10.2 Å². The lowest BCUT2D eigenvalue weighted by Crippen LogP contribution is -2.40. The van der Waals surface area contributed by atoms with Crippen LogP contribution in [0.4, 0.5) is 0 Å². The Morgan fingerprint density at radius 2 is 2.08 bits per heavy atom. The zero-order valence-corrected chi connectivity index (χ0v) is 16.1. The summed E-state index contributed by atoms with van der Waals surface area (Å²) < 4.78 is 7.54. The van der Waals surface area contributed by atoms with Gasteiger partial charge in [-0.3, -0.25) is 9.69 Å². The maximum atomic E-state index is 12.3. The van der Waals surface area contributed by atoms with Gasteiger partial charge in [-0.25, -0.2) is 0 Å². The van der Waals surface area contributed by atoms with E-state index in [9.17, 15) is 4.79 Å². The Morgan fingerprint density at radius 3 is 2.84 bits per heavy atom. The quantitative estimate of drug-likeness (QED) is 0.750. The Labute approximate surface area is 154 Å². The summed E-state index contributed by atoms with van der Waals surface area (Å²) in [7, 11) is 2.06. The molecular formula is C17H29N5O2S. The van der Waals surface area contributed by atoms with Crippen LogP contribution in [0.1, 0.15) is 36.8 Å². The summed E-state index contributed by atoms with van der Waals surface area (Å²) in [6.45, 7) is 5.95. The first-order valence-electron chi connectivity index (χ1n) is 9.14. The Hall–Kier alpha value is -1.12. The van der Waals surface area contributed by atoms with Crippen LogP contribution < -0.4 is 0 Å². The molecule has 0 spiro atoms. The standard InChI is InChI=1S/C17H29N5O2S/c1-20-15(13-21-7-9-24-10-8-21)18-19-17(20)14-4-3-6-22(12-14)16(23)5-11-25-2/h14H,3-13H2,1-2H3/t14-/m0/s1. The number of rotatable bonds is 6. The lowest BCUT2D eigenvalue weighted by atomic mass is 9.97. The van der Waals surface area contributed by atoms with E-state index < -0.39 is 0 Å². The molecule has 25 heavy (non-hydrogen) atoms. The van der Waals surface area contributed by atoms with Crippen molar-refractivity contribution in [1.82, 2.24) is 24.6 Å². The van der Waals surface area contributed by atoms with Crippen LogP contribution in [0.25, 0.3) is 0 Å². The third-order valence-corrected chi connectivity index (χ3v) is 5.74. The number of aromatic nitrogens is 3. The van der Waals surface area contributed by atoms with E-state index >= 15 is 0 Å². The molecule has 2 saturated heterocycles. The number of carbonyl (C=O) groups is 1. The fourth-order valence-electron chi connectivity index (χ4n) is 3.59. The first kappa shape index (κ1) is 18.7. The monoisotopic (exact) mass is 367 g/mol. The molecule has 0 aliphatic carbocycles. The molecule has 0 radical (unpaired) electrons. The molecule has 3 rings (SSSR count). The van der Waals surface area contributed by atoms with Gasteiger partial charge in [0.1, 0.15) is 11.6 Å². The lowest BCUT2D eigenvalue weighted by Gasteiger charge is -2.32. The number of piperidine rings is 1. The molecule has 0 N–H and O–H groups in total. The summed E-state index contributed by atoms with van der Waals surface area (Å²) in [6, 6.07) is 0. The Balaban J connectivity index is 1.62. The molecule has 8 heteroatoms. The third kappa shape index (κ3) is 4.74. The smallest absolute Gasteiger partial charge is 0.223 e. The molecule has 2 fully saturated rings. The van der Waals surface area contributed by atoms with Crippen LogP contribution in [0.3, 0.4) is 0 Å². The summed E-state index contributed by atoms with van der Waals surface area (Å²) in [5.74, 6) is 3.49. The fourth-order valence-corrected chi connectivity index (χ4v) is 3.97. The molecule has 140 valence electrons. The van der Waals surface area contributed by atoms with Gasteiger partial charge >= 0.3 is 0 Å². The van der Waals surface area contributed by atoms with Crippen molar-refractivity contribution in [1.29, 1.82) is 0 Å².